The molecular weight excluding hydrogens is 423 g/mol. The fourth-order valence-electron chi connectivity index (χ4n) is 3.32. The first kappa shape index (κ1) is 21.3. The molecule has 0 saturated heterocycles. The van der Waals surface area contributed by atoms with Crippen molar-refractivity contribution >= 4 is 17.4 Å². The molecule has 3 aromatic heterocycles. The topological polar surface area (TPSA) is 89.1 Å². The molecule has 32 heavy (non-hydrogen) atoms. The highest BCUT2D eigenvalue weighted by Gasteiger charge is 2.32. The highest BCUT2D eigenvalue weighted by atomic mass is 19.4. The zero-order chi connectivity index (χ0) is 22.9. The van der Waals surface area contributed by atoms with Gasteiger partial charge in [0.2, 0.25) is 0 Å². The zero-order valence-electron chi connectivity index (χ0n) is 17.2. The van der Waals surface area contributed by atoms with Gasteiger partial charge in [0.05, 0.1) is 23.0 Å². The van der Waals surface area contributed by atoms with Gasteiger partial charge in [0.1, 0.15) is 0 Å². The van der Waals surface area contributed by atoms with Gasteiger partial charge in [-0.1, -0.05) is 19.9 Å². The number of anilines is 1. The Labute approximate surface area is 181 Å². The van der Waals surface area contributed by atoms with Gasteiger partial charge in [-0.3, -0.25) is 4.40 Å². The van der Waals surface area contributed by atoms with Gasteiger partial charge in [-0.2, -0.15) is 18.3 Å². The Morgan fingerprint density at radius 2 is 1.88 bits per heavy atom. The average Bonchev–Trinajstić information content (AvgIpc) is 3.41. The SMILES string of the molecule is CC(C)C(NC(=O)Nc1cc(C(F)(F)F)ccc1-n1cccn1)c1nnc2ccccn12. The fourth-order valence-corrected chi connectivity index (χ4v) is 3.32. The largest absolute Gasteiger partial charge is 0.416 e. The lowest BCUT2D eigenvalue weighted by Crippen LogP contribution is -2.36. The summed E-state index contributed by atoms with van der Waals surface area (Å²) in [6, 6.07) is 8.93. The average molecular weight is 443 g/mol. The molecule has 2 amide bonds. The Morgan fingerprint density at radius 3 is 2.56 bits per heavy atom. The minimum Gasteiger partial charge on any atom is -0.328 e. The number of alkyl halides is 3. The van der Waals surface area contributed by atoms with Crippen LogP contribution in [-0.2, 0) is 6.18 Å². The number of nitrogens with one attached hydrogen (secondary N) is 2. The molecule has 4 aromatic rings. The number of pyridine rings is 1. The van der Waals surface area contributed by atoms with Gasteiger partial charge in [-0.25, -0.2) is 9.48 Å². The Hall–Kier alpha value is -3.89. The molecular formula is C21H20F3N7O. The maximum Gasteiger partial charge on any atom is 0.416 e. The quantitative estimate of drug-likeness (QED) is 0.477. The van der Waals surface area contributed by atoms with E-state index in [1.165, 1.54) is 16.9 Å². The van der Waals surface area contributed by atoms with Gasteiger partial charge >= 0.3 is 12.2 Å². The summed E-state index contributed by atoms with van der Waals surface area (Å²) >= 11 is 0. The Morgan fingerprint density at radius 1 is 1.06 bits per heavy atom. The van der Waals surface area contributed by atoms with Crippen molar-refractivity contribution in [2.24, 2.45) is 5.92 Å². The maximum atomic E-state index is 13.3. The van der Waals surface area contributed by atoms with Crippen LogP contribution in [0.1, 0.15) is 31.3 Å². The number of halogens is 3. The second-order valence-corrected chi connectivity index (χ2v) is 7.49. The Kier molecular flexibility index (Phi) is 5.56. The summed E-state index contributed by atoms with van der Waals surface area (Å²) in [5.41, 5.74) is 0.00331. The first-order chi connectivity index (χ1) is 15.2. The van der Waals surface area contributed by atoms with Crippen molar-refractivity contribution in [3.8, 4) is 5.69 Å². The first-order valence-corrected chi connectivity index (χ1v) is 9.82. The maximum absolute atomic E-state index is 13.3. The highest BCUT2D eigenvalue weighted by molar-refractivity contribution is 5.92. The fraction of sp³-hybridized carbons (Fsp3) is 0.238. The molecule has 11 heteroatoms. The molecule has 4 rings (SSSR count). The summed E-state index contributed by atoms with van der Waals surface area (Å²) in [5.74, 6) is 0.447. The number of benzene rings is 1. The molecule has 8 nitrogen and oxygen atoms in total. The second-order valence-electron chi connectivity index (χ2n) is 7.49. The lowest BCUT2D eigenvalue weighted by molar-refractivity contribution is -0.137. The molecule has 0 aliphatic carbocycles. The van der Waals surface area contributed by atoms with E-state index in [2.05, 4.69) is 25.9 Å². The number of carbonyl (C=O) groups is 1. The van der Waals surface area contributed by atoms with Crippen molar-refractivity contribution in [1.29, 1.82) is 0 Å². The van der Waals surface area contributed by atoms with Crippen molar-refractivity contribution in [2.45, 2.75) is 26.1 Å². The lowest BCUT2D eigenvalue weighted by atomic mass is 10.0. The Balaban J connectivity index is 1.64. The van der Waals surface area contributed by atoms with E-state index in [0.717, 1.165) is 12.1 Å². The molecule has 0 fully saturated rings. The number of hydrogen-bond donors (Lipinski definition) is 2. The molecule has 0 aliphatic rings. The van der Waals surface area contributed by atoms with Crippen LogP contribution in [0.3, 0.4) is 0 Å². The van der Waals surface area contributed by atoms with Gasteiger partial charge in [0, 0.05) is 18.6 Å². The molecule has 166 valence electrons. The predicted octanol–water partition coefficient (Wildman–Crippen LogP) is 4.45. The molecule has 1 unspecified atom stereocenters. The molecule has 3 heterocycles. The van der Waals surface area contributed by atoms with Crippen LogP contribution < -0.4 is 10.6 Å². The first-order valence-electron chi connectivity index (χ1n) is 9.82. The molecule has 1 atom stereocenters. The van der Waals surface area contributed by atoms with Crippen LogP contribution >= 0.6 is 0 Å². The summed E-state index contributed by atoms with van der Waals surface area (Å²) in [5, 5.41) is 17.7. The van der Waals surface area contributed by atoms with Crippen LogP contribution in [0.5, 0.6) is 0 Å². The summed E-state index contributed by atoms with van der Waals surface area (Å²) < 4.78 is 42.9. The molecule has 1 aromatic carbocycles. The van der Waals surface area contributed by atoms with Crippen molar-refractivity contribution in [3.63, 3.8) is 0 Å². The summed E-state index contributed by atoms with van der Waals surface area (Å²) in [6.45, 7) is 3.79. The van der Waals surface area contributed by atoms with Crippen molar-refractivity contribution < 1.29 is 18.0 Å². The molecule has 0 bridgehead atoms. The van der Waals surface area contributed by atoms with Crippen LogP contribution in [0.15, 0.2) is 61.1 Å². The standard InChI is InChI=1S/C21H20F3N7O/c1-13(2)18(19-29-28-17-6-3-4-10-30(17)19)27-20(32)26-15-12-14(21(22,23)24)7-8-16(15)31-11-5-9-25-31/h3-13,18H,1-2H3,(H2,26,27,32). The van der Waals surface area contributed by atoms with Gasteiger partial charge in [-0.05, 0) is 42.3 Å². The van der Waals surface area contributed by atoms with Gasteiger partial charge in [0.15, 0.2) is 11.5 Å². The predicted molar refractivity (Wildman–Crippen MR) is 111 cm³/mol. The third-order valence-electron chi connectivity index (χ3n) is 4.89. The van der Waals surface area contributed by atoms with Crippen molar-refractivity contribution in [3.05, 3.63) is 72.4 Å². The smallest absolute Gasteiger partial charge is 0.328 e. The van der Waals surface area contributed by atoms with Crippen LogP contribution in [0.25, 0.3) is 11.3 Å². The number of nitrogens with zero attached hydrogens (tertiary/aromatic N) is 5. The number of urea groups is 1. The summed E-state index contributed by atoms with van der Waals surface area (Å²) in [4.78, 5) is 12.9. The molecule has 0 spiro atoms. The van der Waals surface area contributed by atoms with Crippen LogP contribution in [0, 0.1) is 5.92 Å². The highest BCUT2D eigenvalue weighted by Crippen LogP contribution is 2.33. The van der Waals surface area contributed by atoms with Crippen LogP contribution in [0.2, 0.25) is 0 Å². The number of rotatable bonds is 5. The minimum atomic E-state index is -4.56. The van der Waals surface area contributed by atoms with Gasteiger partial charge in [-0.15, -0.1) is 10.2 Å². The third kappa shape index (κ3) is 4.27. The minimum absolute atomic E-state index is 0.0327. The number of carbonyl (C=O) groups excluding carboxylic acids is 1. The van der Waals surface area contributed by atoms with E-state index in [4.69, 9.17) is 0 Å². The number of amides is 2. The van der Waals surface area contributed by atoms with E-state index in [0.29, 0.717) is 17.2 Å². The van der Waals surface area contributed by atoms with E-state index < -0.39 is 23.8 Å². The lowest BCUT2D eigenvalue weighted by Gasteiger charge is -2.22. The van der Waals surface area contributed by atoms with E-state index in [9.17, 15) is 18.0 Å². The summed E-state index contributed by atoms with van der Waals surface area (Å²) in [6.07, 6.45) is 0.288. The Bertz CT molecular complexity index is 1230. The number of aromatic nitrogens is 5. The van der Waals surface area contributed by atoms with Crippen molar-refractivity contribution in [2.75, 3.05) is 5.32 Å². The van der Waals surface area contributed by atoms with Gasteiger partial charge < -0.3 is 10.6 Å². The third-order valence-corrected chi connectivity index (χ3v) is 4.89. The number of hydrogen-bond acceptors (Lipinski definition) is 4. The molecule has 0 saturated carbocycles. The monoisotopic (exact) mass is 443 g/mol. The van der Waals surface area contributed by atoms with Crippen LogP contribution in [0.4, 0.5) is 23.7 Å². The van der Waals surface area contributed by atoms with E-state index in [1.54, 1.807) is 28.9 Å². The molecule has 0 aliphatic heterocycles. The van der Waals surface area contributed by atoms with Gasteiger partial charge in [0.25, 0.3) is 0 Å². The molecule has 0 radical (unpaired) electrons. The normalized spacial score (nSPS) is 12.8. The van der Waals surface area contributed by atoms with Crippen LogP contribution in [-0.4, -0.2) is 30.4 Å². The van der Waals surface area contributed by atoms with Crippen molar-refractivity contribution in [1.82, 2.24) is 29.7 Å². The van der Waals surface area contributed by atoms with E-state index in [-0.39, 0.29) is 11.6 Å². The number of fused-ring (bicyclic) bond motifs is 1. The summed E-state index contributed by atoms with van der Waals surface area (Å²) in [7, 11) is 0. The van der Waals surface area contributed by atoms with E-state index in [1.807, 2.05) is 26.0 Å². The second kappa shape index (κ2) is 8.33. The van der Waals surface area contributed by atoms with E-state index >= 15 is 0 Å². The molecule has 2 N–H and O–H groups in total. The zero-order valence-corrected chi connectivity index (χ0v) is 17.2.